The summed E-state index contributed by atoms with van der Waals surface area (Å²) in [4.78, 5) is 25.5. The first kappa shape index (κ1) is 18.0. The number of rotatable bonds is 4. The average molecular weight is 342 g/mol. The van der Waals surface area contributed by atoms with Gasteiger partial charge in [-0.3, -0.25) is 9.59 Å². The Bertz CT molecular complexity index is 582. The Kier molecular flexibility index (Phi) is 6.11. The van der Waals surface area contributed by atoms with Crippen molar-refractivity contribution in [2.24, 2.45) is 5.92 Å². The smallest absolute Gasteiger partial charge is 0.223 e. The Morgan fingerprint density at radius 3 is 2.24 bits per heavy atom. The highest BCUT2D eigenvalue weighted by Gasteiger charge is 2.25. The molecule has 2 fully saturated rings. The van der Waals surface area contributed by atoms with Gasteiger partial charge in [0.1, 0.15) is 0 Å². The molecule has 0 bridgehead atoms. The summed E-state index contributed by atoms with van der Waals surface area (Å²) < 4.78 is 0. The van der Waals surface area contributed by atoms with Crippen molar-refractivity contribution in [3.05, 3.63) is 35.4 Å². The Balaban J connectivity index is 1.45. The van der Waals surface area contributed by atoms with Crippen LogP contribution in [-0.2, 0) is 16.1 Å². The van der Waals surface area contributed by atoms with Crippen LogP contribution in [0.15, 0.2) is 24.3 Å². The van der Waals surface area contributed by atoms with Crippen LogP contribution < -0.4 is 5.32 Å². The van der Waals surface area contributed by atoms with E-state index in [1.165, 1.54) is 37.7 Å². The van der Waals surface area contributed by atoms with Crippen molar-refractivity contribution < 1.29 is 9.59 Å². The Morgan fingerprint density at radius 2 is 1.64 bits per heavy atom. The third kappa shape index (κ3) is 4.83. The van der Waals surface area contributed by atoms with Gasteiger partial charge in [-0.15, -0.1) is 0 Å². The molecule has 1 N–H and O–H groups in total. The van der Waals surface area contributed by atoms with Crippen molar-refractivity contribution >= 4 is 11.8 Å². The van der Waals surface area contributed by atoms with Crippen molar-refractivity contribution in [3.63, 3.8) is 0 Å². The summed E-state index contributed by atoms with van der Waals surface area (Å²) in [7, 11) is 0. The van der Waals surface area contributed by atoms with Crippen LogP contribution in [0.5, 0.6) is 0 Å². The molecule has 1 heterocycles. The topological polar surface area (TPSA) is 49.4 Å². The molecule has 1 aromatic rings. The maximum absolute atomic E-state index is 12.3. The fourth-order valence-corrected chi connectivity index (χ4v) is 4.13. The second kappa shape index (κ2) is 8.50. The van der Waals surface area contributed by atoms with Crippen LogP contribution >= 0.6 is 0 Å². The zero-order valence-corrected chi connectivity index (χ0v) is 15.3. The molecule has 1 saturated carbocycles. The van der Waals surface area contributed by atoms with Gasteiger partial charge in [0.15, 0.2) is 0 Å². The molecule has 3 rings (SSSR count). The summed E-state index contributed by atoms with van der Waals surface area (Å²) in [6.45, 7) is 3.58. The molecule has 4 heteroatoms. The molecular weight excluding hydrogens is 312 g/mol. The molecular formula is C21H30N2O2. The predicted octanol–water partition coefficient (Wildman–Crippen LogP) is 3.61. The van der Waals surface area contributed by atoms with E-state index in [0.29, 0.717) is 19.6 Å². The van der Waals surface area contributed by atoms with Crippen molar-refractivity contribution in [1.82, 2.24) is 10.2 Å². The first-order chi connectivity index (χ1) is 12.1. The number of likely N-dealkylation sites (tertiary alicyclic amines) is 1. The minimum absolute atomic E-state index is 0.0390. The van der Waals surface area contributed by atoms with E-state index >= 15 is 0 Å². The van der Waals surface area contributed by atoms with Crippen molar-refractivity contribution in [3.8, 4) is 0 Å². The molecule has 0 atom stereocenters. The second-order valence-electron chi connectivity index (χ2n) is 7.57. The third-order valence-corrected chi connectivity index (χ3v) is 5.83. The van der Waals surface area contributed by atoms with Gasteiger partial charge in [0.05, 0.1) is 0 Å². The van der Waals surface area contributed by atoms with Crippen LogP contribution in [0.25, 0.3) is 0 Å². The number of nitrogens with zero attached hydrogens (tertiary/aromatic N) is 1. The number of benzene rings is 1. The van der Waals surface area contributed by atoms with Gasteiger partial charge in [0.2, 0.25) is 11.8 Å². The maximum Gasteiger partial charge on any atom is 0.223 e. The molecule has 1 saturated heterocycles. The molecule has 1 aromatic carbocycles. The molecule has 25 heavy (non-hydrogen) atoms. The Labute approximate surface area is 151 Å². The SMILES string of the molecule is CC(=O)N1CCC(C(=O)NCc2ccc(C3CCCCC3)cc2)CC1. The van der Waals surface area contributed by atoms with E-state index in [-0.39, 0.29) is 17.7 Å². The summed E-state index contributed by atoms with van der Waals surface area (Å²) in [6.07, 6.45) is 8.25. The maximum atomic E-state index is 12.3. The van der Waals surface area contributed by atoms with E-state index in [0.717, 1.165) is 24.3 Å². The summed E-state index contributed by atoms with van der Waals surface area (Å²) in [5, 5.41) is 3.07. The van der Waals surface area contributed by atoms with Crippen LogP contribution in [-0.4, -0.2) is 29.8 Å². The minimum Gasteiger partial charge on any atom is -0.352 e. The lowest BCUT2D eigenvalue weighted by molar-refractivity contribution is -0.134. The molecule has 2 aliphatic rings. The van der Waals surface area contributed by atoms with Gasteiger partial charge >= 0.3 is 0 Å². The number of amides is 2. The molecule has 1 aliphatic heterocycles. The summed E-state index contributed by atoms with van der Waals surface area (Å²) in [6, 6.07) is 8.79. The number of hydrogen-bond acceptors (Lipinski definition) is 2. The molecule has 2 amide bonds. The molecule has 0 unspecified atom stereocenters. The molecule has 0 spiro atoms. The second-order valence-corrected chi connectivity index (χ2v) is 7.57. The predicted molar refractivity (Wildman–Crippen MR) is 99.1 cm³/mol. The molecule has 4 nitrogen and oxygen atoms in total. The normalized spacial score (nSPS) is 19.6. The van der Waals surface area contributed by atoms with Gasteiger partial charge in [0, 0.05) is 32.5 Å². The average Bonchev–Trinajstić information content (AvgIpc) is 2.67. The van der Waals surface area contributed by atoms with Crippen LogP contribution in [0, 0.1) is 5.92 Å². The Hall–Kier alpha value is -1.84. The fraction of sp³-hybridized carbons (Fsp3) is 0.619. The zero-order chi connectivity index (χ0) is 17.6. The van der Waals surface area contributed by atoms with Crippen LogP contribution in [0.2, 0.25) is 0 Å². The molecule has 0 radical (unpaired) electrons. The van der Waals surface area contributed by atoms with E-state index in [1.807, 2.05) is 4.90 Å². The lowest BCUT2D eigenvalue weighted by Crippen LogP contribution is -2.42. The van der Waals surface area contributed by atoms with E-state index < -0.39 is 0 Å². The van der Waals surface area contributed by atoms with Gasteiger partial charge in [-0.05, 0) is 42.7 Å². The van der Waals surface area contributed by atoms with E-state index in [2.05, 4.69) is 29.6 Å². The van der Waals surface area contributed by atoms with E-state index in [1.54, 1.807) is 6.92 Å². The minimum atomic E-state index is 0.0390. The van der Waals surface area contributed by atoms with Crippen LogP contribution in [0.4, 0.5) is 0 Å². The third-order valence-electron chi connectivity index (χ3n) is 5.83. The van der Waals surface area contributed by atoms with Gasteiger partial charge in [-0.2, -0.15) is 0 Å². The van der Waals surface area contributed by atoms with Gasteiger partial charge in [-0.1, -0.05) is 43.5 Å². The number of carbonyl (C=O) groups excluding carboxylic acids is 2. The number of hydrogen-bond donors (Lipinski definition) is 1. The number of piperidine rings is 1. The van der Waals surface area contributed by atoms with Crippen molar-refractivity contribution in [2.45, 2.75) is 64.3 Å². The highest BCUT2D eigenvalue weighted by Crippen LogP contribution is 2.32. The molecule has 136 valence electrons. The fourth-order valence-electron chi connectivity index (χ4n) is 4.13. The molecule has 0 aromatic heterocycles. The monoisotopic (exact) mass is 342 g/mol. The van der Waals surface area contributed by atoms with Gasteiger partial charge < -0.3 is 10.2 Å². The lowest BCUT2D eigenvalue weighted by Gasteiger charge is -2.30. The zero-order valence-electron chi connectivity index (χ0n) is 15.3. The quantitative estimate of drug-likeness (QED) is 0.909. The van der Waals surface area contributed by atoms with E-state index in [9.17, 15) is 9.59 Å². The summed E-state index contributed by atoms with van der Waals surface area (Å²) in [5.41, 5.74) is 2.61. The van der Waals surface area contributed by atoms with E-state index in [4.69, 9.17) is 0 Å². The highest BCUT2D eigenvalue weighted by molar-refractivity contribution is 5.79. The summed E-state index contributed by atoms with van der Waals surface area (Å²) >= 11 is 0. The largest absolute Gasteiger partial charge is 0.352 e. The first-order valence-electron chi connectivity index (χ1n) is 9.75. The number of nitrogens with one attached hydrogen (secondary N) is 1. The Morgan fingerprint density at radius 1 is 1.00 bits per heavy atom. The summed E-state index contributed by atoms with van der Waals surface area (Å²) in [5.74, 6) is 0.998. The van der Waals surface area contributed by atoms with Crippen LogP contribution in [0.3, 0.4) is 0 Å². The van der Waals surface area contributed by atoms with Gasteiger partial charge in [-0.25, -0.2) is 0 Å². The highest BCUT2D eigenvalue weighted by atomic mass is 16.2. The standard InChI is InChI=1S/C21H30N2O2/c1-16(24)23-13-11-20(12-14-23)21(25)22-15-17-7-9-19(10-8-17)18-5-3-2-4-6-18/h7-10,18,20H,2-6,11-15H2,1H3,(H,22,25). The number of carbonyl (C=O) groups is 2. The van der Waals surface area contributed by atoms with Crippen molar-refractivity contribution in [1.29, 1.82) is 0 Å². The van der Waals surface area contributed by atoms with Crippen molar-refractivity contribution in [2.75, 3.05) is 13.1 Å². The molecule has 1 aliphatic carbocycles. The van der Waals surface area contributed by atoms with Crippen LogP contribution in [0.1, 0.15) is 68.9 Å². The van der Waals surface area contributed by atoms with Gasteiger partial charge in [0.25, 0.3) is 0 Å². The lowest BCUT2D eigenvalue weighted by atomic mass is 9.84. The first-order valence-corrected chi connectivity index (χ1v) is 9.75.